The summed E-state index contributed by atoms with van der Waals surface area (Å²) in [7, 11) is 1.64. The second-order valence-electron chi connectivity index (χ2n) is 5.85. The Hall–Kier alpha value is -2.62. The third kappa shape index (κ3) is 3.65. The van der Waals surface area contributed by atoms with Crippen molar-refractivity contribution in [3.05, 3.63) is 71.6 Å². The van der Waals surface area contributed by atoms with Gasteiger partial charge in [-0.2, -0.15) is 0 Å². The van der Waals surface area contributed by atoms with Gasteiger partial charge >= 0.3 is 0 Å². The van der Waals surface area contributed by atoms with Crippen LogP contribution in [0.1, 0.15) is 30.0 Å². The largest absolute Gasteiger partial charge is 0.497 e. The molecule has 0 bridgehead atoms. The number of benzene rings is 2. The fourth-order valence-corrected chi connectivity index (χ4v) is 3.08. The van der Waals surface area contributed by atoms with Gasteiger partial charge in [0.25, 0.3) is 0 Å². The van der Waals surface area contributed by atoms with Crippen molar-refractivity contribution in [3.63, 3.8) is 0 Å². The molecule has 0 saturated carbocycles. The molecule has 0 N–H and O–H groups in total. The van der Waals surface area contributed by atoms with Gasteiger partial charge in [0, 0.05) is 12.6 Å². The van der Waals surface area contributed by atoms with Crippen LogP contribution in [0.4, 0.5) is 4.39 Å². The van der Waals surface area contributed by atoms with Crippen LogP contribution in [0.3, 0.4) is 0 Å². The van der Waals surface area contributed by atoms with Crippen molar-refractivity contribution in [3.8, 4) is 5.75 Å². The standard InChI is InChI=1S/C20H20FNO2/c1-24-18-10-8-16(9-11-18)19-6-3-13-22(19)20(23)12-7-15-4-2-5-17(21)14-15/h2,4-5,7-12,14,19H,3,6,13H2,1H3/b12-7+. The van der Waals surface area contributed by atoms with Crippen molar-refractivity contribution in [2.45, 2.75) is 18.9 Å². The SMILES string of the molecule is COc1ccc(C2CCCN2C(=O)/C=C/c2cccc(F)c2)cc1. The summed E-state index contributed by atoms with van der Waals surface area (Å²) in [6.07, 6.45) is 5.12. The number of hydrogen-bond donors (Lipinski definition) is 0. The molecular weight excluding hydrogens is 305 g/mol. The second kappa shape index (κ2) is 7.30. The lowest BCUT2D eigenvalue weighted by atomic mass is 10.0. The number of ether oxygens (including phenoxy) is 1. The summed E-state index contributed by atoms with van der Waals surface area (Å²) in [5.41, 5.74) is 1.80. The minimum Gasteiger partial charge on any atom is -0.497 e. The third-order valence-corrected chi connectivity index (χ3v) is 4.30. The van der Waals surface area contributed by atoms with Crippen LogP contribution in [-0.2, 0) is 4.79 Å². The maximum Gasteiger partial charge on any atom is 0.247 e. The highest BCUT2D eigenvalue weighted by molar-refractivity contribution is 5.92. The van der Waals surface area contributed by atoms with Gasteiger partial charge in [-0.25, -0.2) is 4.39 Å². The molecule has 1 aliphatic rings. The fourth-order valence-electron chi connectivity index (χ4n) is 3.08. The Morgan fingerprint density at radius 1 is 1.25 bits per heavy atom. The Balaban J connectivity index is 1.73. The molecule has 0 aliphatic carbocycles. The smallest absolute Gasteiger partial charge is 0.247 e. The summed E-state index contributed by atoms with van der Waals surface area (Å²) >= 11 is 0. The van der Waals surface area contributed by atoms with Gasteiger partial charge in [-0.15, -0.1) is 0 Å². The minimum absolute atomic E-state index is 0.0439. The highest BCUT2D eigenvalue weighted by atomic mass is 19.1. The quantitative estimate of drug-likeness (QED) is 0.788. The summed E-state index contributed by atoms with van der Waals surface area (Å²) < 4.78 is 18.4. The molecule has 3 rings (SSSR count). The number of carbonyl (C=O) groups is 1. The summed E-state index contributed by atoms with van der Waals surface area (Å²) in [4.78, 5) is 14.4. The maximum atomic E-state index is 13.2. The average Bonchev–Trinajstić information content (AvgIpc) is 3.09. The van der Waals surface area contributed by atoms with E-state index in [4.69, 9.17) is 4.74 Å². The summed E-state index contributed by atoms with van der Waals surface area (Å²) in [6.45, 7) is 0.739. The normalized spacial score (nSPS) is 17.4. The van der Waals surface area contributed by atoms with Crippen LogP contribution in [-0.4, -0.2) is 24.5 Å². The maximum absolute atomic E-state index is 13.2. The van der Waals surface area contributed by atoms with E-state index >= 15 is 0 Å². The highest BCUT2D eigenvalue weighted by Crippen LogP contribution is 2.33. The molecule has 24 heavy (non-hydrogen) atoms. The molecule has 1 heterocycles. The van der Waals surface area contributed by atoms with E-state index < -0.39 is 0 Å². The highest BCUT2D eigenvalue weighted by Gasteiger charge is 2.28. The number of hydrogen-bond acceptors (Lipinski definition) is 2. The molecule has 124 valence electrons. The van der Waals surface area contributed by atoms with Crippen LogP contribution < -0.4 is 4.74 Å². The molecule has 1 saturated heterocycles. The number of rotatable bonds is 4. The van der Waals surface area contributed by atoms with Gasteiger partial charge in [0.2, 0.25) is 5.91 Å². The lowest BCUT2D eigenvalue weighted by molar-refractivity contribution is -0.126. The first-order valence-electron chi connectivity index (χ1n) is 8.05. The van der Waals surface area contributed by atoms with E-state index in [1.54, 1.807) is 25.3 Å². The molecule has 2 aromatic carbocycles. The van der Waals surface area contributed by atoms with E-state index in [9.17, 15) is 9.18 Å². The molecule has 2 aromatic rings. The Morgan fingerprint density at radius 3 is 2.75 bits per heavy atom. The zero-order valence-corrected chi connectivity index (χ0v) is 13.6. The molecule has 0 aromatic heterocycles. The van der Waals surface area contributed by atoms with E-state index in [1.165, 1.54) is 18.2 Å². The number of nitrogens with zero attached hydrogens (tertiary/aromatic N) is 1. The van der Waals surface area contributed by atoms with Crippen LogP contribution in [0, 0.1) is 5.82 Å². The zero-order valence-electron chi connectivity index (χ0n) is 13.6. The van der Waals surface area contributed by atoms with Crippen molar-refractivity contribution in [2.75, 3.05) is 13.7 Å². The van der Waals surface area contributed by atoms with Gasteiger partial charge < -0.3 is 9.64 Å². The Bertz CT molecular complexity index is 740. The first-order chi connectivity index (χ1) is 11.7. The molecule has 3 nitrogen and oxygen atoms in total. The molecule has 0 radical (unpaired) electrons. The lowest BCUT2D eigenvalue weighted by Gasteiger charge is -2.24. The van der Waals surface area contributed by atoms with Gasteiger partial charge in [0.1, 0.15) is 11.6 Å². The van der Waals surface area contributed by atoms with Crippen LogP contribution in [0.2, 0.25) is 0 Å². The van der Waals surface area contributed by atoms with Gasteiger partial charge in [-0.05, 0) is 54.3 Å². The molecule has 1 aliphatic heterocycles. The van der Waals surface area contributed by atoms with Gasteiger partial charge in [-0.3, -0.25) is 4.79 Å². The molecule has 1 atom stereocenters. The number of amides is 1. The number of likely N-dealkylation sites (tertiary alicyclic amines) is 1. The molecule has 1 fully saturated rings. The van der Waals surface area contributed by atoms with Gasteiger partial charge in [0.15, 0.2) is 0 Å². The topological polar surface area (TPSA) is 29.5 Å². The first-order valence-corrected chi connectivity index (χ1v) is 8.05. The third-order valence-electron chi connectivity index (χ3n) is 4.30. The van der Waals surface area contributed by atoms with Crippen LogP contribution in [0.15, 0.2) is 54.6 Å². The van der Waals surface area contributed by atoms with Crippen molar-refractivity contribution in [1.29, 1.82) is 0 Å². The van der Waals surface area contributed by atoms with E-state index in [0.29, 0.717) is 5.56 Å². The van der Waals surface area contributed by atoms with Crippen molar-refractivity contribution in [1.82, 2.24) is 4.90 Å². The van der Waals surface area contributed by atoms with E-state index in [-0.39, 0.29) is 17.8 Å². The number of methoxy groups -OCH3 is 1. The fraction of sp³-hybridized carbons (Fsp3) is 0.250. The van der Waals surface area contributed by atoms with Crippen molar-refractivity contribution >= 4 is 12.0 Å². The molecule has 4 heteroatoms. The van der Waals surface area contributed by atoms with Crippen molar-refractivity contribution in [2.24, 2.45) is 0 Å². The van der Waals surface area contributed by atoms with Gasteiger partial charge in [-0.1, -0.05) is 24.3 Å². The second-order valence-corrected chi connectivity index (χ2v) is 5.85. The number of carbonyl (C=O) groups excluding carboxylic acids is 1. The average molecular weight is 325 g/mol. The summed E-state index contributed by atoms with van der Waals surface area (Å²) in [5, 5.41) is 0. The molecule has 1 unspecified atom stereocenters. The summed E-state index contributed by atoms with van der Waals surface area (Å²) in [5.74, 6) is 0.458. The monoisotopic (exact) mass is 325 g/mol. The van der Waals surface area contributed by atoms with Crippen LogP contribution in [0.5, 0.6) is 5.75 Å². The Labute approximate surface area is 141 Å². The molecule has 1 amide bonds. The van der Waals surface area contributed by atoms with E-state index in [1.807, 2.05) is 29.2 Å². The Morgan fingerprint density at radius 2 is 2.04 bits per heavy atom. The van der Waals surface area contributed by atoms with Gasteiger partial charge in [0.05, 0.1) is 13.2 Å². The van der Waals surface area contributed by atoms with E-state index in [0.717, 1.165) is 30.7 Å². The zero-order chi connectivity index (χ0) is 16.9. The number of halogens is 1. The molecule has 0 spiro atoms. The Kier molecular flexibility index (Phi) is 4.94. The first kappa shape index (κ1) is 16.2. The molecular formula is C20H20FNO2. The van der Waals surface area contributed by atoms with Crippen LogP contribution in [0.25, 0.3) is 6.08 Å². The summed E-state index contributed by atoms with van der Waals surface area (Å²) in [6, 6.07) is 14.1. The lowest BCUT2D eigenvalue weighted by Crippen LogP contribution is -2.28. The van der Waals surface area contributed by atoms with Crippen LogP contribution >= 0.6 is 0 Å². The van der Waals surface area contributed by atoms with Crippen molar-refractivity contribution < 1.29 is 13.9 Å². The van der Waals surface area contributed by atoms with E-state index in [2.05, 4.69) is 0 Å². The predicted molar refractivity (Wildman–Crippen MR) is 92.1 cm³/mol. The predicted octanol–water partition coefficient (Wildman–Crippen LogP) is 4.21. The minimum atomic E-state index is -0.304.